The van der Waals surface area contributed by atoms with Crippen molar-refractivity contribution in [2.75, 3.05) is 44.9 Å². The van der Waals surface area contributed by atoms with Crippen molar-refractivity contribution >= 4 is 69.3 Å². The molecule has 4 N–H and O–H groups in total. The van der Waals surface area contributed by atoms with Gasteiger partial charge in [-0.1, -0.05) is 68.8 Å². The van der Waals surface area contributed by atoms with Crippen LogP contribution in [0.5, 0.6) is 5.75 Å². The van der Waals surface area contributed by atoms with Gasteiger partial charge >= 0.3 is 0 Å². The quantitative estimate of drug-likeness (QED) is 0.0473. The molecule has 0 spiro atoms. The minimum atomic E-state index is -0.952. The van der Waals surface area contributed by atoms with Gasteiger partial charge in [0.25, 0.3) is 0 Å². The van der Waals surface area contributed by atoms with Gasteiger partial charge in [-0.3, -0.25) is 28.7 Å². The fourth-order valence-corrected chi connectivity index (χ4v) is 11.3. The Balaban J connectivity index is 0.709. The molecule has 5 heterocycles. The van der Waals surface area contributed by atoms with Crippen molar-refractivity contribution in [2.45, 2.75) is 111 Å². The molecule has 6 aromatic rings. The lowest BCUT2D eigenvalue weighted by Gasteiger charge is -2.35. The van der Waals surface area contributed by atoms with Crippen LogP contribution in [0.25, 0.3) is 15.4 Å². The third kappa shape index (κ3) is 13.8. The van der Waals surface area contributed by atoms with Gasteiger partial charge in [0, 0.05) is 72.5 Å². The summed E-state index contributed by atoms with van der Waals surface area (Å²) in [5.74, 6) is 0.533. The second-order valence-corrected chi connectivity index (χ2v) is 22.7. The first-order valence-electron chi connectivity index (χ1n) is 25.5. The summed E-state index contributed by atoms with van der Waals surface area (Å²) in [6.45, 7) is 15.4. The lowest BCUT2D eigenvalue weighted by Crippen LogP contribution is -2.58. The Morgan fingerprint density at radius 3 is 2.25 bits per heavy atom. The van der Waals surface area contributed by atoms with Crippen molar-refractivity contribution in [2.24, 2.45) is 10.4 Å². The minimum absolute atomic E-state index is 0.0118. The summed E-state index contributed by atoms with van der Waals surface area (Å²) < 4.78 is 19.4. The number of carbonyl (C=O) groups excluding carboxylic acids is 4. The molecule has 0 unspecified atom stereocenters. The Kier molecular flexibility index (Phi) is 18.5. The Hall–Kier alpha value is -6.35. The van der Waals surface area contributed by atoms with E-state index in [2.05, 4.69) is 45.0 Å². The molecule has 2 aliphatic heterocycles. The monoisotopic (exact) mass is 1090 g/mol. The zero-order chi connectivity index (χ0) is 54.1. The number of aromatic nitrogens is 4. The number of amides is 4. The highest BCUT2D eigenvalue weighted by molar-refractivity contribution is 7.15. The molecule has 8 rings (SSSR count). The average Bonchev–Trinajstić information content (AvgIpc) is 4.19. The number of nitrogens with zero attached hydrogens (tertiary/aromatic N) is 6. The highest BCUT2D eigenvalue weighted by atomic mass is 35.5. The first-order chi connectivity index (χ1) is 36.4. The molecule has 20 heteroatoms. The number of nitrogens with one attached hydrogen (secondary N) is 3. The molecule has 402 valence electrons. The predicted molar refractivity (Wildman–Crippen MR) is 296 cm³/mol. The zero-order valence-electron chi connectivity index (χ0n) is 44.0. The fraction of sp³-hybridized carbons (Fsp3) is 0.429. The molecule has 2 aliphatic rings. The van der Waals surface area contributed by atoms with Crippen molar-refractivity contribution in [3.05, 3.63) is 128 Å². The third-order valence-corrected chi connectivity index (χ3v) is 15.8. The van der Waals surface area contributed by atoms with Crippen LogP contribution in [-0.4, -0.2) is 117 Å². The van der Waals surface area contributed by atoms with E-state index in [0.29, 0.717) is 61.6 Å². The van der Waals surface area contributed by atoms with E-state index >= 15 is 0 Å². The molecule has 0 bridgehead atoms. The molecule has 0 radical (unpaired) electrons. The number of aryl methyl sites for hydroxylation is 3. The number of carbonyl (C=O) groups is 4. The van der Waals surface area contributed by atoms with Gasteiger partial charge in [0.05, 0.1) is 40.9 Å². The fourth-order valence-electron chi connectivity index (χ4n) is 9.16. The number of unbranched alkanes of at least 4 members (excludes halogenated alkanes) is 1. The number of aliphatic hydroxyl groups is 1. The molecule has 0 saturated carbocycles. The van der Waals surface area contributed by atoms with E-state index in [1.54, 1.807) is 34.8 Å². The molecule has 4 amide bonds. The molecule has 0 aliphatic carbocycles. The SMILES string of the molecule is Cc1ncsc1-c1ccc(CNC(=O)[C@@H]2C[C@@H](O)CN2C(=O)[C@@H](NC(=O)COCCCCOCCCOc2ccc(NC(=O)C[C@@H]3N=C(c4ccc(Cl)cc4)c4c(sc(C)c4C)-n4c(C)nnc43)cc2)C(C)(C)C)cc1. The number of thiazole rings is 1. The van der Waals surface area contributed by atoms with Crippen molar-refractivity contribution < 1.29 is 38.5 Å². The number of aliphatic hydroxyl groups excluding tert-OH is 1. The Morgan fingerprint density at radius 2 is 1.55 bits per heavy atom. The molecule has 1 saturated heterocycles. The van der Waals surface area contributed by atoms with Crippen molar-refractivity contribution in [1.82, 2.24) is 35.3 Å². The number of hydrogen-bond acceptors (Lipinski definition) is 14. The first-order valence-corrected chi connectivity index (χ1v) is 27.6. The van der Waals surface area contributed by atoms with Gasteiger partial charge in [-0.25, -0.2) is 4.98 Å². The van der Waals surface area contributed by atoms with Crippen LogP contribution in [0, 0.1) is 33.1 Å². The number of anilines is 1. The molecule has 1 fully saturated rings. The number of aliphatic imine (C=N–C) groups is 1. The summed E-state index contributed by atoms with van der Waals surface area (Å²) >= 11 is 9.49. The number of thiophene rings is 1. The number of hydrogen-bond donors (Lipinski definition) is 4. The topological polar surface area (TPSA) is 211 Å². The predicted octanol–water partition coefficient (Wildman–Crippen LogP) is 8.65. The van der Waals surface area contributed by atoms with Gasteiger partial charge in [0.2, 0.25) is 23.6 Å². The van der Waals surface area contributed by atoms with Crippen LogP contribution in [0.1, 0.15) is 103 Å². The maximum atomic E-state index is 14.0. The Bertz CT molecular complexity index is 3020. The van der Waals surface area contributed by atoms with Crippen LogP contribution in [-0.2, 0) is 35.2 Å². The summed E-state index contributed by atoms with van der Waals surface area (Å²) in [5.41, 5.74) is 8.47. The van der Waals surface area contributed by atoms with E-state index in [1.807, 2.05) is 105 Å². The van der Waals surface area contributed by atoms with Gasteiger partial charge in [0.1, 0.15) is 41.3 Å². The second-order valence-electron chi connectivity index (χ2n) is 20.2. The summed E-state index contributed by atoms with van der Waals surface area (Å²) in [6, 6.07) is 20.3. The second kappa shape index (κ2) is 25.2. The van der Waals surface area contributed by atoms with Crippen LogP contribution >= 0.6 is 34.3 Å². The number of fused-ring (bicyclic) bond motifs is 3. The standard InChI is InChI=1S/C56H66ClN9O8S2/c1-33-35(3)76-55-48(33)49(38-15-17-40(57)18-16-38)61-44(52-64-63-36(4)66(52)55)28-46(68)60-41-19-21-43(22-20-41)74-26-10-25-72-23-8-9-24-73-31-47(69)62-51(56(5,6)7)54(71)65-30-42(67)27-45(65)53(70)58-29-37-11-13-39(14-12-37)50-34(2)59-32-75-50/h11-22,32,42,44-45,51,67H,8-10,23-31H2,1-7H3,(H,58,70)(H,60,68)(H,62,69)/t42-,44+,45+,51-/m1/s1. The van der Waals surface area contributed by atoms with Crippen LogP contribution < -0.4 is 20.7 Å². The summed E-state index contributed by atoms with van der Waals surface area (Å²) in [7, 11) is 0. The largest absolute Gasteiger partial charge is 0.494 e. The van der Waals surface area contributed by atoms with Crippen LogP contribution in [0.2, 0.25) is 5.02 Å². The number of halogens is 1. The number of rotatable bonds is 22. The van der Waals surface area contributed by atoms with Crippen molar-refractivity contribution in [3.63, 3.8) is 0 Å². The van der Waals surface area contributed by atoms with Gasteiger partial charge < -0.3 is 40.2 Å². The number of benzene rings is 3. The van der Waals surface area contributed by atoms with Crippen LogP contribution in [0.3, 0.4) is 0 Å². The minimum Gasteiger partial charge on any atom is -0.494 e. The Morgan fingerprint density at radius 1 is 0.855 bits per heavy atom. The van der Waals surface area contributed by atoms with Crippen molar-refractivity contribution in [1.29, 1.82) is 0 Å². The van der Waals surface area contributed by atoms with Crippen LogP contribution in [0.4, 0.5) is 5.69 Å². The molecule has 17 nitrogen and oxygen atoms in total. The van der Waals surface area contributed by atoms with Crippen molar-refractivity contribution in [3.8, 4) is 21.2 Å². The number of β-amino-alcohol motifs (C(OH)–C–C–N with tert-alkyl or cyclic N) is 1. The van der Waals surface area contributed by atoms with Gasteiger partial charge in [-0.15, -0.1) is 32.9 Å². The third-order valence-electron chi connectivity index (χ3n) is 13.3. The molecule has 3 aromatic heterocycles. The maximum Gasteiger partial charge on any atom is 0.246 e. The molecule has 3 aromatic carbocycles. The van der Waals surface area contributed by atoms with Gasteiger partial charge in [-0.05, 0) is 99.0 Å². The lowest BCUT2D eigenvalue weighted by atomic mass is 9.85. The van der Waals surface area contributed by atoms with E-state index in [1.165, 1.54) is 9.78 Å². The summed E-state index contributed by atoms with van der Waals surface area (Å²) in [5, 5.41) is 29.9. The highest BCUT2D eigenvalue weighted by Crippen LogP contribution is 2.40. The van der Waals surface area contributed by atoms with E-state index in [-0.39, 0.29) is 44.4 Å². The summed E-state index contributed by atoms with van der Waals surface area (Å²) in [6.07, 6.45) is 1.35. The lowest BCUT2D eigenvalue weighted by molar-refractivity contribution is -0.144. The molecule has 4 atom stereocenters. The van der Waals surface area contributed by atoms with Gasteiger partial charge in [0.15, 0.2) is 5.82 Å². The van der Waals surface area contributed by atoms with Crippen LogP contribution in [0.15, 0.2) is 83.3 Å². The van der Waals surface area contributed by atoms with Gasteiger partial charge in [-0.2, -0.15) is 0 Å². The van der Waals surface area contributed by atoms with E-state index in [0.717, 1.165) is 61.3 Å². The normalized spacial score (nSPS) is 16.6. The summed E-state index contributed by atoms with van der Waals surface area (Å²) in [4.78, 5) is 67.3. The highest BCUT2D eigenvalue weighted by Gasteiger charge is 2.44. The Labute approximate surface area is 456 Å². The number of likely N-dealkylation sites (tertiary alicyclic amines) is 1. The number of ether oxygens (including phenoxy) is 3. The molecule has 76 heavy (non-hydrogen) atoms. The van der Waals surface area contributed by atoms with E-state index in [4.69, 9.17) is 30.8 Å². The zero-order valence-corrected chi connectivity index (χ0v) is 46.4. The first kappa shape index (κ1) is 55.9. The van der Waals surface area contributed by atoms with E-state index in [9.17, 15) is 24.3 Å². The smallest absolute Gasteiger partial charge is 0.246 e. The average molecular weight is 1090 g/mol. The molecular formula is C56H66ClN9O8S2. The molecular weight excluding hydrogens is 1030 g/mol. The maximum absolute atomic E-state index is 14.0. The van der Waals surface area contributed by atoms with E-state index < -0.39 is 41.5 Å².